The second-order valence-electron chi connectivity index (χ2n) is 12.0. The van der Waals surface area contributed by atoms with Crippen molar-refractivity contribution in [2.45, 2.75) is 53.1 Å². The van der Waals surface area contributed by atoms with Crippen molar-refractivity contribution >= 4 is 12.2 Å². The maximum absolute atomic E-state index is 12.0. The van der Waals surface area contributed by atoms with Crippen LogP contribution < -0.4 is 10.8 Å². The van der Waals surface area contributed by atoms with E-state index in [0.29, 0.717) is 61.5 Å². The largest absolute Gasteiger partial charge is 0.507 e. The van der Waals surface area contributed by atoms with Crippen LogP contribution >= 0.6 is 0 Å². The summed E-state index contributed by atoms with van der Waals surface area (Å²) in [6, 6.07) is 27.8. The number of hydrogen-bond donors (Lipinski definition) is 1. The average molecular weight is 664 g/mol. The summed E-state index contributed by atoms with van der Waals surface area (Å²) in [5, 5.41) is 12.7. The van der Waals surface area contributed by atoms with Crippen LogP contribution in [0.3, 0.4) is 0 Å². The van der Waals surface area contributed by atoms with Crippen molar-refractivity contribution < 1.29 is 9.52 Å². The number of phenolic OH excluding ortho intramolecular Hbond substituents is 1. The number of rotatable bonds is 14. The topological polar surface area (TPSA) is 104 Å². The predicted molar refractivity (Wildman–Crippen MR) is 195 cm³/mol. The fourth-order valence-electron chi connectivity index (χ4n) is 5.83. The minimum Gasteiger partial charge on any atom is -0.507 e. The minimum atomic E-state index is 0.128. The van der Waals surface area contributed by atoms with Crippen LogP contribution in [0, 0.1) is 0 Å². The summed E-state index contributed by atoms with van der Waals surface area (Å²) in [7, 11) is 0. The number of nitrogens with zero attached hydrogens (tertiary/aromatic N) is 7. The molecule has 0 amide bonds. The molecule has 0 radical (unpaired) electrons. The molecule has 0 bridgehead atoms. The molecule has 1 N–H and O–H groups in total. The lowest BCUT2D eigenvalue weighted by Crippen LogP contribution is -2.25. The maximum atomic E-state index is 12.0. The molecule has 5 aromatic heterocycles. The van der Waals surface area contributed by atoms with Crippen molar-refractivity contribution in [2.24, 2.45) is 0 Å². The number of benzene rings is 1. The fraction of sp³-hybridized carbons (Fsp3) is 0.195. The third-order valence-electron chi connectivity index (χ3n) is 8.12. The summed E-state index contributed by atoms with van der Waals surface area (Å²) in [5.74, 6) is 0.486. The lowest BCUT2D eigenvalue weighted by atomic mass is 10.0. The van der Waals surface area contributed by atoms with E-state index in [1.165, 1.54) is 0 Å². The van der Waals surface area contributed by atoms with Crippen LogP contribution in [0.4, 0.5) is 0 Å². The zero-order valence-electron chi connectivity index (χ0n) is 28.4. The molecule has 0 spiro atoms. The van der Waals surface area contributed by atoms with Crippen LogP contribution in [0.25, 0.3) is 23.6 Å². The molecule has 0 saturated carbocycles. The van der Waals surface area contributed by atoms with Gasteiger partial charge < -0.3 is 9.52 Å². The van der Waals surface area contributed by atoms with E-state index in [-0.39, 0.29) is 5.75 Å². The van der Waals surface area contributed by atoms with Crippen molar-refractivity contribution in [3.05, 3.63) is 167 Å². The molecule has 0 unspecified atom stereocenters. The van der Waals surface area contributed by atoms with Gasteiger partial charge in [-0.05, 0) is 92.2 Å². The van der Waals surface area contributed by atoms with Crippen LogP contribution in [0.2, 0.25) is 0 Å². The number of aromatic hydroxyl groups is 1. The number of allylic oxidation sites excluding steroid dienone is 2. The summed E-state index contributed by atoms with van der Waals surface area (Å²) < 4.78 is 6.27. The van der Waals surface area contributed by atoms with Gasteiger partial charge >= 0.3 is 0 Å². The average Bonchev–Trinajstić information content (AvgIpc) is 3.56. The van der Waals surface area contributed by atoms with Crippen LogP contribution in [0.5, 0.6) is 5.75 Å². The second kappa shape index (κ2) is 17.1. The Labute approximate surface area is 292 Å². The quantitative estimate of drug-likeness (QED) is 0.146. The van der Waals surface area contributed by atoms with E-state index < -0.39 is 0 Å². The number of oxazole rings is 1. The second-order valence-corrected chi connectivity index (χ2v) is 12.0. The smallest absolute Gasteiger partial charge is 0.231 e. The first-order valence-electron chi connectivity index (χ1n) is 16.7. The Kier molecular flexibility index (Phi) is 11.6. The first-order chi connectivity index (χ1) is 24.6. The molecule has 50 heavy (non-hydrogen) atoms. The molecule has 252 valence electrons. The van der Waals surface area contributed by atoms with Gasteiger partial charge in [0.25, 0.3) is 0 Å². The highest BCUT2D eigenvalue weighted by molar-refractivity contribution is 5.66. The molecular weight excluding hydrogens is 622 g/mol. The van der Waals surface area contributed by atoms with Crippen molar-refractivity contribution in [3.8, 4) is 17.2 Å². The van der Waals surface area contributed by atoms with E-state index in [1.807, 2.05) is 129 Å². The molecule has 6 aromatic rings. The fourth-order valence-corrected chi connectivity index (χ4v) is 5.83. The summed E-state index contributed by atoms with van der Waals surface area (Å²) in [6.07, 6.45) is 14.9. The maximum Gasteiger partial charge on any atom is 0.231 e. The highest BCUT2D eigenvalue weighted by Crippen LogP contribution is 2.34. The van der Waals surface area contributed by atoms with E-state index >= 15 is 0 Å². The number of pyridine rings is 4. The lowest BCUT2D eigenvalue weighted by molar-refractivity contribution is 0.235. The van der Waals surface area contributed by atoms with E-state index in [0.717, 1.165) is 33.9 Å². The van der Waals surface area contributed by atoms with Gasteiger partial charge in [-0.1, -0.05) is 36.4 Å². The predicted octanol–water partition coefficient (Wildman–Crippen LogP) is 6.19. The van der Waals surface area contributed by atoms with E-state index in [4.69, 9.17) is 9.40 Å². The van der Waals surface area contributed by atoms with Crippen LogP contribution in [-0.2, 0) is 39.3 Å². The molecule has 0 aliphatic rings. The van der Waals surface area contributed by atoms with Gasteiger partial charge in [-0.25, -0.2) is 4.98 Å². The molecule has 0 saturated heterocycles. The van der Waals surface area contributed by atoms with Crippen molar-refractivity contribution in [1.29, 1.82) is 0 Å². The van der Waals surface area contributed by atoms with Gasteiger partial charge in [-0.15, -0.1) is 0 Å². The summed E-state index contributed by atoms with van der Waals surface area (Å²) in [4.78, 5) is 27.8. The molecule has 0 atom stereocenters. The Morgan fingerprint density at radius 2 is 1.14 bits per heavy atom. The Bertz CT molecular complexity index is 2020. The SMILES string of the molecule is C\C=C/C=c1/nc(-c2cc(CN(Cc3ccccn3)Cc3ccccn3)cc(CN(Cc3ccccn3)Cc3ccccn3)c2O)o/c1=C/C. The molecule has 9 heteroatoms. The van der Waals surface area contributed by atoms with Crippen molar-refractivity contribution in [3.63, 3.8) is 0 Å². The highest BCUT2D eigenvalue weighted by Gasteiger charge is 2.21. The first kappa shape index (κ1) is 34.1. The number of hydrogen-bond acceptors (Lipinski definition) is 9. The van der Waals surface area contributed by atoms with Gasteiger partial charge in [0.2, 0.25) is 5.89 Å². The Morgan fingerprint density at radius 1 is 0.640 bits per heavy atom. The van der Waals surface area contributed by atoms with Gasteiger partial charge in [0.1, 0.15) is 11.1 Å². The third kappa shape index (κ3) is 9.22. The van der Waals surface area contributed by atoms with Crippen molar-refractivity contribution in [2.75, 3.05) is 0 Å². The van der Waals surface area contributed by atoms with Gasteiger partial charge in [0.15, 0.2) is 5.42 Å². The molecule has 5 heterocycles. The van der Waals surface area contributed by atoms with E-state index in [9.17, 15) is 5.11 Å². The first-order valence-corrected chi connectivity index (χ1v) is 16.7. The Morgan fingerprint density at radius 3 is 1.58 bits per heavy atom. The molecule has 9 nitrogen and oxygen atoms in total. The van der Waals surface area contributed by atoms with Gasteiger partial charge in [-0.2, -0.15) is 0 Å². The molecular formula is C41H41N7O2. The van der Waals surface area contributed by atoms with Crippen molar-refractivity contribution in [1.82, 2.24) is 34.7 Å². The monoisotopic (exact) mass is 663 g/mol. The zero-order chi connectivity index (χ0) is 34.5. The van der Waals surface area contributed by atoms with Crippen LogP contribution in [0.15, 0.2) is 126 Å². The normalized spacial score (nSPS) is 12.5. The summed E-state index contributed by atoms with van der Waals surface area (Å²) in [6.45, 7) is 7.24. The summed E-state index contributed by atoms with van der Waals surface area (Å²) >= 11 is 0. The van der Waals surface area contributed by atoms with E-state index in [1.54, 1.807) is 12.4 Å². The molecule has 0 aliphatic heterocycles. The van der Waals surface area contributed by atoms with E-state index in [2.05, 4.69) is 35.8 Å². The van der Waals surface area contributed by atoms with Gasteiger partial charge in [0.05, 0.1) is 28.3 Å². The Hall–Kier alpha value is -5.77. The third-order valence-corrected chi connectivity index (χ3v) is 8.12. The van der Waals surface area contributed by atoms with Gasteiger partial charge in [-0.3, -0.25) is 29.7 Å². The zero-order valence-corrected chi connectivity index (χ0v) is 28.4. The number of phenols is 1. The molecule has 1 aromatic carbocycles. The standard InChI is InChI=1S/C41H41N7O2/c1-3-5-18-38-39(4-2)50-41(46-38)37-24-31(25-47(27-33-14-6-10-19-42-33)28-34-15-7-11-20-43-34)23-32(40(37)49)26-48(29-35-16-8-12-21-44-35)30-36-17-9-13-22-45-36/h3-24,49H,25-30H2,1-2H3/b5-3-,38-18+,39-4+. The molecule has 0 aliphatic carbocycles. The lowest BCUT2D eigenvalue weighted by Gasteiger charge is -2.25. The highest BCUT2D eigenvalue weighted by atomic mass is 16.3. The Balaban J connectivity index is 1.43. The van der Waals surface area contributed by atoms with Crippen LogP contribution in [-0.4, -0.2) is 39.8 Å². The molecule has 0 fully saturated rings. The van der Waals surface area contributed by atoms with Gasteiger partial charge in [0, 0.05) is 69.6 Å². The molecule has 6 rings (SSSR count). The van der Waals surface area contributed by atoms with Crippen LogP contribution in [0.1, 0.15) is 47.8 Å². The number of aromatic nitrogens is 5. The minimum absolute atomic E-state index is 0.128. The summed E-state index contributed by atoms with van der Waals surface area (Å²) in [5.41, 5.74) is 6.69.